The second-order valence-corrected chi connectivity index (χ2v) is 8.29. The lowest BCUT2D eigenvalue weighted by atomic mass is 10.3. The van der Waals surface area contributed by atoms with Crippen LogP contribution in [-0.2, 0) is 10.0 Å². The van der Waals surface area contributed by atoms with Gasteiger partial charge in [0.25, 0.3) is 10.0 Å². The van der Waals surface area contributed by atoms with Crippen molar-refractivity contribution in [3.05, 3.63) is 42.4 Å². The number of hydrogen-bond donors (Lipinski definition) is 1. The molecule has 0 amide bonds. The highest BCUT2D eigenvalue weighted by Gasteiger charge is 2.30. The summed E-state index contributed by atoms with van der Waals surface area (Å²) in [7, 11) is -3.54. The highest BCUT2D eigenvalue weighted by atomic mass is 32.2. The molecular formula is C16H20N8O2S. The Bertz CT molecular complexity index is 1040. The number of imidazole rings is 1. The molecule has 0 unspecified atom stereocenters. The molecule has 1 N–H and O–H groups in total. The molecule has 11 heteroatoms. The number of aryl methyl sites for hydroxylation is 2. The van der Waals surface area contributed by atoms with Crippen molar-refractivity contribution in [2.45, 2.75) is 18.9 Å². The second kappa shape index (κ2) is 6.74. The molecule has 0 aliphatic carbocycles. The third-order valence-electron chi connectivity index (χ3n) is 4.52. The predicted molar refractivity (Wildman–Crippen MR) is 98.2 cm³/mol. The van der Waals surface area contributed by atoms with Gasteiger partial charge in [0, 0.05) is 37.9 Å². The summed E-state index contributed by atoms with van der Waals surface area (Å²) in [6.07, 6.45) is 4.20. The molecule has 3 aromatic heterocycles. The zero-order chi connectivity index (χ0) is 19.0. The van der Waals surface area contributed by atoms with E-state index < -0.39 is 10.0 Å². The van der Waals surface area contributed by atoms with Gasteiger partial charge in [-0.15, -0.1) is 0 Å². The lowest BCUT2D eigenvalue weighted by molar-refractivity contribution is 0.382. The summed E-state index contributed by atoms with van der Waals surface area (Å²) in [5, 5.41) is 4.57. The molecule has 27 heavy (non-hydrogen) atoms. The zero-order valence-corrected chi connectivity index (χ0v) is 15.9. The Hall–Kier alpha value is -2.79. The summed E-state index contributed by atoms with van der Waals surface area (Å²) < 4.78 is 28.4. The maximum Gasteiger partial charge on any atom is 0.260 e. The average Bonchev–Trinajstić information content (AvgIpc) is 3.32. The highest BCUT2D eigenvalue weighted by Crippen LogP contribution is 2.20. The Morgan fingerprint density at radius 3 is 2.41 bits per heavy atom. The molecule has 4 rings (SSSR count). The Kier molecular flexibility index (Phi) is 4.40. The van der Waals surface area contributed by atoms with Gasteiger partial charge in [-0.1, -0.05) is 0 Å². The van der Waals surface area contributed by atoms with Crippen LogP contribution in [0.5, 0.6) is 0 Å². The average molecular weight is 388 g/mol. The standard InChI is InChI=1S/C16H20N8O2S/c1-12-7-13(2)24(21-12)15-8-14(18-11-19-15)22-3-5-23(6-4-22)27(25,26)16-9-17-10-20-16/h7-11H,3-6H2,1-2H3,(H,17,20). The maximum atomic E-state index is 12.6. The van der Waals surface area contributed by atoms with E-state index in [4.69, 9.17) is 0 Å². The maximum absolute atomic E-state index is 12.6. The van der Waals surface area contributed by atoms with Crippen LogP contribution in [0.15, 0.2) is 36.0 Å². The fourth-order valence-corrected chi connectivity index (χ4v) is 4.49. The van der Waals surface area contributed by atoms with Gasteiger partial charge in [-0.3, -0.25) is 0 Å². The molecular weight excluding hydrogens is 368 g/mol. The van der Waals surface area contributed by atoms with Crippen molar-refractivity contribution < 1.29 is 8.42 Å². The summed E-state index contributed by atoms with van der Waals surface area (Å²) in [5.41, 5.74) is 1.91. The minimum absolute atomic E-state index is 0.116. The van der Waals surface area contributed by atoms with E-state index in [1.165, 1.54) is 23.2 Å². The van der Waals surface area contributed by atoms with Gasteiger partial charge in [-0.25, -0.2) is 28.1 Å². The van der Waals surface area contributed by atoms with E-state index in [-0.39, 0.29) is 5.03 Å². The van der Waals surface area contributed by atoms with Crippen molar-refractivity contribution in [1.29, 1.82) is 0 Å². The molecule has 1 aliphatic rings. The number of nitrogens with zero attached hydrogens (tertiary/aromatic N) is 7. The van der Waals surface area contributed by atoms with Crippen molar-refractivity contribution in [2.24, 2.45) is 0 Å². The number of anilines is 1. The number of rotatable bonds is 4. The van der Waals surface area contributed by atoms with Gasteiger partial charge in [0.1, 0.15) is 12.1 Å². The Labute approximate surface area is 156 Å². The highest BCUT2D eigenvalue weighted by molar-refractivity contribution is 7.89. The van der Waals surface area contributed by atoms with Gasteiger partial charge in [-0.05, 0) is 19.9 Å². The van der Waals surface area contributed by atoms with Crippen LogP contribution in [0.25, 0.3) is 5.82 Å². The number of aromatic nitrogens is 6. The fraction of sp³-hybridized carbons (Fsp3) is 0.375. The predicted octanol–water partition coefficient (Wildman–Crippen LogP) is 0.513. The summed E-state index contributed by atoms with van der Waals surface area (Å²) in [5.74, 6) is 1.45. The largest absolute Gasteiger partial charge is 0.354 e. The first-order valence-electron chi connectivity index (χ1n) is 8.54. The lowest BCUT2D eigenvalue weighted by Crippen LogP contribution is -2.49. The monoisotopic (exact) mass is 388 g/mol. The van der Waals surface area contributed by atoms with Crippen molar-refractivity contribution in [3.8, 4) is 5.82 Å². The van der Waals surface area contributed by atoms with Crippen LogP contribution in [0.2, 0.25) is 0 Å². The molecule has 3 aromatic rings. The molecule has 0 spiro atoms. The van der Waals surface area contributed by atoms with E-state index in [0.717, 1.165) is 17.2 Å². The summed E-state index contributed by atoms with van der Waals surface area (Å²) >= 11 is 0. The van der Waals surface area contributed by atoms with Crippen LogP contribution < -0.4 is 4.90 Å². The minimum atomic E-state index is -3.54. The van der Waals surface area contributed by atoms with Crippen LogP contribution in [0, 0.1) is 13.8 Å². The topological polar surface area (TPSA) is 113 Å². The zero-order valence-electron chi connectivity index (χ0n) is 15.1. The van der Waals surface area contributed by atoms with E-state index in [1.807, 2.05) is 26.0 Å². The molecule has 1 saturated heterocycles. The number of piperazine rings is 1. The van der Waals surface area contributed by atoms with Gasteiger partial charge in [0.2, 0.25) is 0 Å². The van der Waals surface area contributed by atoms with Crippen molar-refractivity contribution >= 4 is 15.8 Å². The van der Waals surface area contributed by atoms with Crippen molar-refractivity contribution in [3.63, 3.8) is 0 Å². The van der Waals surface area contributed by atoms with Gasteiger partial charge in [0.15, 0.2) is 10.8 Å². The van der Waals surface area contributed by atoms with E-state index in [1.54, 1.807) is 4.68 Å². The van der Waals surface area contributed by atoms with E-state index in [2.05, 4.69) is 29.9 Å². The van der Waals surface area contributed by atoms with Crippen molar-refractivity contribution in [1.82, 2.24) is 34.0 Å². The molecule has 142 valence electrons. The Morgan fingerprint density at radius 2 is 1.78 bits per heavy atom. The van der Waals surface area contributed by atoms with Crippen LogP contribution in [0.3, 0.4) is 0 Å². The van der Waals surface area contributed by atoms with E-state index >= 15 is 0 Å². The SMILES string of the molecule is Cc1cc(C)n(-c2cc(N3CCN(S(=O)(=O)c4cnc[nH]4)CC3)ncn2)n1. The molecule has 0 saturated carbocycles. The van der Waals surface area contributed by atoms with Crippen LogP contribution in [0.4, 0.5) is 5.82 Å². The molecule has 0 atom stereocenters. The first-order valence-corrected chi connectivity index (χ1v) is 9.98. The third kappa shape index (κ3) is 3.30. The molecule has 0 aromatic carbocycles. The summed E-state index contributed by atoms with van der Waals surface area (Å²) in [6, 6.07) is 3.86. The van der Waals surface area contributed by atoms with Crippen LogP contribution in [0.1, 0.15) is 11.4 Å². The second-order valence-electron chi connectivity index (χ2n) is 6.38. The molecule has 1 fully saturated rings. The van der Waals surface area contributed by atoms with E-state index in [0.29, 0.717) is 32.0 Å². The van der Waals surface area contributed by atoms with Crippen LogP contribution >= 0.6 is 0 Å². The lowest BCUT2D eigenvalue weighted by Gasteiger charge is -2.34. The number of sulfonamides is 1. The summed E-state index contributed by atoms with van der Waals surface area (Å²) in [4.78, 5) is 17.2. The van der Waals surface area contributed by atoms with E-state index in [9.17, 15) is 8.42 Å². The number of hydrogen-bond acceptors (Lipinski definition) is 7. The first kappa shape index (κ1) is 17.6. The fourth-order valence-electron chi connectivity index (χ4n) is 3.17. The van der Waals surface area contributed by atoms with Gasteiger partial charge < -0.3 is 9.88 Å². The summed E-state index contributed by atoms with van der Waals surface area (Å²) in [6.45, 7) is 5.74. The smallest absolute Gasteiger partial charge is 0.260 e. The number of nitrogens with one attached hydrogen (secondary N) is 1. The van der Waals surface area contributed by atoms with Crippen LogP contribution in [-0.4, -0.2) is 68.6 Å². The quantitative estimate of drug-likeness (QED) is 0.693. The third-order valence-corrected chi connectivity index (χ3v) is 6.34. The van der Waals surface area contributed by atoms with Gasteiger partial charge in [0.05, 0.1) is 18.2 Å². The number of H-pyrrole nitrogens is 1. The van der Waals surface area contributed by atoms with Gasteiger partial charge >= 0.3 is 0 Å². The Morgan fingerprint density at radius 1 is 1.04 bits per heavy atom. The normalized spacial score (nSPS) is 16.0. The molecule has 4 heterocycles. The Balaban J connectivity index is 1.50. The van der Waals surface area contributed by atoms with Gasteiger partial charge in [-0.2, -0.15) is 9.40 Å². The molecule has 1 aliphatic heterocycles. The number of aromatic amines is 1. The molecule has 0 radical (unpaired) electrons. The first-order chi connectivity index (χ1) is 12.9. The van der Waals surface area contributed by atoms with Crippen molar-refractivity contribution in [2.75, 3.05) is 31.1 Å². The molecule has 0 bridgehead atoms. The molecule has 10 nitrogen and oxygen atoms in total. The minimum Gasteiger partial charge on any atom is -0.354 e.